The van der Waals surface area contributed by atoms with E-state index in [-0.39, 0.29) is 10.8 Å². The van der Waals surface area contributed by atoms with Crippen molar-refractivity contribution in [2.45, 2.75) is 58.4 Å². The van der Waals surface area contributed by atoms with E-state index in [0.29, 0.717) is 6.04 Å². The minimum Gasteiger partial charge on any atom is -0.308 e. The van der Waals surface area contributed by atoms with E-state index in [1.165, 1.54) is 24.8 Å². The molecular weight excluding hydrogens is 270 g/mol. The number of hydrogen-bond acceptors (Lipinski definition) is 2. The Labute approximate surface area is 125 Å². The highest BCUT2D eigenvalue weighted by Gasteiger charge is 2.38. The number of aryl methyl sites for hydroxylation is 1. The van der Waals surface area contributed by atoms with Crippen LogP contribution in [0.4, 0.5) is 0 Å². The van der Waals surface area contributed by atoms with Gasteiger partial charge in [0, 0.05) is 12.2 Å². The Morgan fingerprint density at radius 3 is 2.80 bits per heavy atom. The van der Waals surface area contributed by atoms with Crippen molar-refractivity contribution in [1.82, 2.24) is 14.5 Å². The Balaban J connectivity index is 2.27. The van der Waals surface area contributed by atoms with Crippen molar-refractivity contribution < 1.29 is 0 Å². The predicted molar refractivity (Wildman–Crippen MR) is 83.2 cm³/mol. The van der Waals surface area contributed by atoms with Crippen molar-refractivity contribution in [2.24, 2.45) is 5.41 Å². The third kappa shape index (κ3) is 2.03. The molecule has 2 aromatic heterocycles. The molecule has 1 aliphatic carbocycles. The van der Waals surface area contributed by atoms with Gasteiger partial charge in [0.25, 0.3) is 0 Å². The first-order chi connectivity index (χ1) is 9.42. The number of hydrogen-bond donors (Lipinski definition) is 0. The molecular formula is C16H22ClN3. The fourth-order valence-electron chi connectivity index (χ4n) is 3.50. The lowest BCUT2D eigenvalue weighted by atomic mass is 9.87. The zero-order valence-electron chi connectivity index (χ0n) is 12.7. The lowest BCUT2D eigenvalue weighted by Crippen LogP contribution is -2.23. The van der Waals surface area contributed by atoms with E-state index in [1.54, 1.807) is 0 Å². The van der Waals surface area contributed by atoms with Crippen LogP contribution in [0.5, 0.6) is 0 Å². The molecule has 0 aromatic carbocycles. The summed E-state index contributed by atoms with van der Waals surface area (Å²) in [6.07, 6.45) is 5.57. The molecule has 0 radical (unpaired) electrons. The molecule has 0 amide bonds. The van der Waals surface area contributed by atoms with E-state index >= 15 is 0 Å². The molecule has 1 saturated carbocycles. The highest BCUT2D eigenvalue weighted by Crippen LogP contribution is 2.48. The van der Waals surface area contributed by atoms with Crippen LogP contribution in [0.1, 0.15) is 62.8 Å². The van der Waals surface area contributed by atoms with Crippen molar-refractivity contribution in [3.05, 3.63) is 23.7 Å². The van der Waals surface area contributed by atoms with Gasteiger partial charge in [-0.15, -0.1) is 11.6 Å². The van der Waals surface area contributed by atoms with Gasteiger partial charge in [-0.1, -0.05) is 20.3 Å². The van der Waals surface area contributed by atoms with Crippen LogP contribution in [0.2, 0.25) is 0 Å². The third-order valence-electron chi connectivity index (χ3n) is 4.68. The summed E-state index contributed by atoms with van der Waals surface area (Å²) in [5.74, 6) is 0.962. The van der Waals surface area contributed by atoms with Crippen LogP contribution in [-0.4, -0.2) is 14.5 Å². The van der Waals surface area contributed by atoms with Crippen molar-refractivity contribution in [3.8, 4) is 0 Å². The summed E-state index contributed by atoms with van der Waals surface area (Å²) in [6.45, 7) is 8.77. The summed E-state index contributed by atoms with van der Waals surface area (Å²) >= 11 is 6.39. The first-order valence-electron chi connectivity index (χ1n) is 7.39. The van der Waals surface area contributed by atoms with Crippen LogP contribution < -0.4 is 0 Å². The molecule has 2 heterocycles. The number of imidazole rings is 1. The number of halogens is 1. The summed E-state index contributed by atoms with van der Waals surface area (Å²) in [5, 5.41) is -0.0972. The van der Waals surface area contributed by atoms with Crippen LogP contribution in [0.15, 0.2) is 12.3 Å². The molecule has 108 valence electrons. The number of rotatable bonds is 2. The maximum absolute atomic E-state index is 6.39. The molecule has 20 heavy (non-hydrogen) atoms. The Morgan fingerprint density at radius 1 is 1.45 bits per heavy atom. The Kier molecular flexibility index (Phi) is 3.28. The van der Waals surface area contributed by atoms with Gasteiger partial charge >= 0.3 is 0 Å². The fourth-order valence-corrected chi connectivity index (χ4v) is 3.66. The van der Waals surface area contributed by atoms with Gasteiger partial charge in [-0.2, -0.15) is 0 Å². The maximum Gasteiger partial charge on any atom is 0.160 e. The Morgan fingerprint density at radius 2 is 2.20 bits per heavy atom. The standard InChI is InChI=1S/C16H22ClN3/c1-10-7-9-18-15-13(10)19-14(11(2)17)20(15)12-6-5-8-16(12,3)4/h7,9,11-12H,5-6,8H2,1-4H3. The highest BCUT2D eigenvalue weighted by atomic mass is 35.5. The molecule has 2 unspecified atom stereocenters. The monoisotopic (exact) mass is 291 g/mol. The van der Waals surface area contributed by atoms with Gasteiger partial charge in [0.15, 0.2) is 5.65 Å². The zero-order chi connectivity index (χ0) is 14.5. The fraction of sp³-hybridized carbons (Fsp3) is 0.625. The molecule has 3 nitrogen and oxygen atoms in total. The molecule has 0 aliphatic heterocycles. The van der Waals surface area contributed by atoms with Crippen LogP contribution in [0.3, 0.4) is 0 Å². The second kappa shape index (κ2) is 4.73. The molecule has 2 aromatic rings. The smallest absolute Gasteiger partial charge is 0.160 e. The summed E-state index contributed by atoms with van der Waals surface area (Å²) < 4.78 is 2.31. The summed E-state index contributed by atoms with van der Waals surface area (Å²) in [4.78, 5) is 9.39. The Hall–Kier alpha value is -1.09. The first kappa shape index (κ1) is 13.9. The van der Waals surface area contributed by atoms with E-state index in [2.05, 4.69) is 30.3 Å². The Bertz CT molecular complexity index is 642. The van der Waals surface area contributed by atoms with Crippen molar-refractivity contribution in [3.63, 3.8) is 0 Å². The molecule has 0 bridgehead atoms. The normalized spacial score (nSPS) is 23.4. The largest absolute Gasteiger partial charge is 0.308 e. The number of pyridine rings is 1. The third-order valence-corrected chi connectivity index (χ3v) is 4.87. The average molecular weight is 292 g/mol. The summed E-state index contributed by atoms with van der Waals surface area (Å²) in [6, 6.07) is 2.46. The van der Waals surface area contributed by atoms with Gasteiger partial charge in [0.2, 0.25) is 0 Å². The summed E-state index contributed by atoms with van der Waals surface area (Å²) in [5.41, 5.74) is 3.44. The SMILES string of the molecule is Cc1ccnc2c1nc(C(C)Cl)n2C1CCCC1(C)C. The second-order valence-electron chi connectivity index (χ2n) is 6.65. The van der Waals surface area contributed by atoms with Crippen LogP contribution >= 0.6 is 11.6 Å². The van der Waals surface area contributed by atoms with Crippen LogP contribution in [-0.2, 0) is 0 Å². The molecule has 3 rings (SSSR count). The number of fused-ring (bicyclic) bond motifs is 1. The van der Waals surface area contributed by atoms with E-state index in [4.69, 9.17) is 16.6 Å². The molecule has 4 heteroatoms. The summed E-state index contributed by atoms with van der Waals surface area (Å²) in [7, 11) is 0. The van der Waals surface area contributed by atoms with Crippen LogP contribution in [0.25, 0.3) is 11.2 Å². The van der Waals surface area contributed by atoms with Crippen molar-refractivity contribution >= 4 is 22.8 Å². The van der Waals surface area contributed by atoms with Crippen molar-refractivity contribution in [2.75, 3.05) is 0 Å². The quantitative estimate of drug-likeness (QED) is 0.745. The number of aromatic nitrogens is 3. The topological polar surface area (TPSA) is 30.7 Å². The predicted octanol–water partition coefficient (Wildman–Crippen LogP) is 4.79. The number of alkyl halides is 1. The molecule has 1 fully saturated rings. The van der Waals surface area contributed by atoms with Crippen LogP contribution in [0, 0.1) is 12.3 Å². The minimum atomic E-state index is -0.0972. The first-order valence-corrected chi connectivity index (χ1v) is 7.83. The van der Waals surface area contributed by atoms with Crippen molar-refractivity contribution in [1.29, 1.82) is 0 Å². The molecule has 2 atom stereocenters. The van der Waals surface area contributed by atoms with E-state index < -0.39 is 0 Å². The second-order valence-corrected chi connectivity index (χ2v) is 7.31. The van der Waals surface area contributed by atoms with Gasteiger partial charge in [-0.25, -0.2) is 9.97 Å². The van der Waals surface area contributed by atoms with Gasteiger partial charge < -0.3 is 4.57 Å². The van der Waals surface area contributed by atoms with Gasteiger partial charge in [0.05, 0.1) is 5.38 Å². The lowest BCUT2D eigenvalue weighted by Gasteiger charge is -2.30. The molecule has 0 spiro atoms. The van der Waals surface area contributed by atoms with E-state index in [9.17, 15) is 0 Å². The van der Waals surface area contributed by atoms with Gasteiger partial charge in [0.1, 0.15) is 11.3 Å². The minimum absolute atomic E-state index is 0.0972. The molecule has 1 aliphatic rings. The lowest BCUT2D eigenvalue weighted by molar-refractivity contribution is 0.260. The zero-order valence-corrected chi connectivity index (χ0v) is 13.4. The van der Waals surface area contributed by atoms with E-state index in [1.807, 2.05) is 19.2 Å². The van der Waals surface area contributed by atoms with Gasteiger partial charge in [-0.05, 0) is 43.7 Å². The molecule has 0 saturated heterocycles. The highest BCUT2D eigenvalue weighted by molar-refractivity contribution is 6.20. The number of nitrogens with zero attached hydrogens (tertiary/aromatic N) is 3. The molecule has 0 N–H and O–H groups in total. The average Bonchev–Trinajstić information content (AvgIpc) is 2.90. The maximum atomic E-state index is 6.39. The van der Waals surface area contributed by atoms with E-state index in [0.717, 1.165) is 17.0 Å². The van der Waals surface area contributed by atoms with Gasteiger partial charge in [-0.3, -0.25) is 0 Å².